The van der Waals surface area contributed by atoms with Crippen molar-refractivity contribution in [3.05, 3.63) is 87.2 Å². The van der Waals surface area contributed by atoms with E-state index in [0.29, 0.717) is 23.7 Å². The lowest BCUT2D eigenvalue weighted by Gasteiger charge is -2.26. The van der Waals surface area contributed by atoms with Gasteiger partial charge in [0.05, 0.1) is 12.6 Å². The highest BCUT2D eigenvalue weighted by molar-refractivity contribution is 6.30. The number of halogens is 1. The van der Waals surface area contributed by atoms with E-state index >= 15 is 0 Å². The van der Waals surface area contributed by atoms with Gasteiger partial charge in [-0.2, -0.15) is 0 Å². The first-order valence-corrected chi connectivity index (χ1v) is 9.01. The molecule has 0 spiro atoms. The third-order valence-electron chi connectivity index (χ3n) is 4.57. The number of para-hydroxylation sites is 1. The van der Waals surface area contributed by atoms with E-state index in [4.69, 9.17) is 16.3 Å². The molecule has 1 amide bonds. The second kappa shape index (κ2) is 7.29. The SMILES string of the molecule is O=C(N[C@H]1CCOc2ccccc21)c1ccc(-c2ccc(Cl)cc2)[nH]c1=O. The molecule has 0 fully saturated rings. The van der Waals surface area contributed by atoms with Crippen molar-refractivity contribution >= 4 is 17.5 Å². The molecule has 1 atom stereocenters. The summed E-state index contributed by atoms with van der Waals surface area (Å²) in [5.74, 6) is 0.363. The Labute approximate surface area is 161 Å². The van der Waals surface area contributed by atoms with Gasteiger partial charge in [-0.1, -0.05) is 41.9 Å². The van der Waals surface area contributed by atoms with Crippen molar-refractivity contribution in [2.75, 3.05) is 6.61 Å². The first-order chi connectivity index (χ1) is 13.1. The monoisotopic (exact) mass is 380 g/mol. The second-order valence-corrected chi connectivity index (χ2v) is 6.76. The third kappa shape index (κ3) is 3.59. The molecule has 0 aliphatic carbocycles. The summed E-state index contributed by atoms with van der Waals surface area (Å²) in [6.07, 6.45) is 0.656. The number of carbonyl (C=O) groups excluding carboxylic acids is 1. The number of hydrogen-bond acceptors (Lipinski definition) is 3. The Balaban J connectivity index is 1.56. The lowest BCUT2D eigenvalue weighted by Crippen LogP contribution is -2.35. The number of fused-ring (bicyclic) bond motifs is 1. The number of nitrogens with one attached hydrogen (secondary N) is 2. The van der Waals surface area contributed by atoms with Crippen molar-refractivity contribution in [2.45, 2.75) is 12.5 Å². The van der Waals surface area contributed by atoms with Gasteiger partial charge in [0.15, 0.2) is 0 Å². The van der Waals surface area contributed by atoms with Gasteiger partial charge in [-0.25, -0.2) is 0 Å². The molecule has 1 aliphatic rings. The van der Waals surface area contributed by atoms with Gasteiger partial charge in [-0.3, -0.25) is 9.59 Å². The summed E-state index contributed by atoms with van der Waals surface area (Å²) >= 11 is 5.89. The molecule has 2 heterocycles. The zero-order chi connectivity index (χ0) is 18.8. The van der Waals surface area contributed by atoms with Crippen LogP contribution in [0.15, 0.2) is 65.5 Å². The van der Waals surface area contributed by atoms with Crippen LogP contribution in [0.1, 0.15) is 28.4 Å². The molecule has 27 heavy (non-hydrogen) atoms. The van der Waals surface area contributed by atoms with Crippen LogP contribution < -0.4 is 15.6 Å². The van der Waals surface area contributed by atoms with Crippen LogP contribution in [0.5, 0.6) is 5.75 Å². The zero-order valence-corrected chi connectivity index (χ0v) is 15.1. The number of benzene rings is 2. The second-order valence-electron chi connectivity index (χ2n) is 6.32. The van der Waals surface area contributed by atoms with Crippen LogP contribution in [-0.4, -0.2) is 17.5 Å². The van der Waals surface area contributed by atoms with Gasteiger partial charge in [-0.15, -0.1) is 0 Å². The van der Waals surface area contributed by atoms with Gasteiger partial charge in [0.25, 0.3) is 11.5 Å². The zero-order valence-electron chi connectivity index (χ0n) is 14.4. The average Bonchev–Trinajstić information content (AvgIpc) is 2.68. The van der Waals surface area contributed by atoms with Crippen molar-refractivity contribution < 1.29 is 9.53 Å². The van der Waals surface area contributed by atoms with Crippen LogP contribution >= 0.6 is 11.6 Å². The van der Waals surface area contributed by atoms with E-state index in [-0.39, 0.29) is 11.6 Å². The summed E-state index contributed by atoms with van der Waals surface area (Å²) in [5, 5.41) is 3.56. The lowest BCUT2D eigenvalue weighted by atomic mass is 10.00. The third-order valence-corrected chi connectivity index (χ3v) is 4.83. The van der Waals surface area contributed by atoms with E-state index in [1.807, 2.05) is 36.4 Å². The number of rotatable bonds is 3. The molecular weight excluding hydrogens is 364 g/mol. The van der Waals surface area contributed by atoms with Crippen molar-refractivity contribution in [3.63, 3.8) is 0 Å². The topological polar surface area (TPSA) is 71.2 Å². The van der Waals surface area contributed by atoms with Gasteiger partial charge in [0.1, 0.15) is 11.3 Å². The molecule has 0 radical (unpaired) electrons. The van der Waals surface area contributed by atoms with Crippen molar-refractivity contribution in [2.24, 2.45) is 0 Å². The maximum Gasteiger partial charge on any atom is 0.261 e. The summed E-state index contributed by atoms with van der Waals surface area (Å²) in [5.41, 5.74) is 2.02. The fourth-order valence-electron chi connectivity index (χ4n) is 3.18. The quantitative estimate of drug-likeness (QED) is 0.722. The van der Waals surface area contributed by atoms with Gasteiger partial charge >= 0.3 is 0 Å². The highest BCUT2D eigenvalue weighted by Crippen LogP contribution is 2.31. The van der Waals surface area contributed by atoms with E-state index in [9.17, 15) is 9.59 Å². The fraction of sp³-hybridized carbons (Fsp3) is 0.143. The fourth-order valence-corrected chi connectivity index (χ4v) is 3.30. The maximum atomic E-state index is 12.6. The molecule has 5 nitrogen and oxygen atoms in total. The molecule has 0 unspecified atom stereocenters. The predicted octanol–water partition coefficient (Wildman–Crippen LogP) is 3.95. The van der Waals surface area contributed by atoms with Gasteiger partial charge in [0.2, 0.25) is 0 Å². The number of ether oxygens (including phenoxy) is 1. The van der Waals surface area contributed by atoms with Gasteiger partial charge < -0.3 is 15.0 Å². The minimum atomic E-state index is -0.430. The minimum Gasteiger partial charge on any atom is -0.493 e. The molecule has 3 aromatic rings. The Hall–Kier alpha value is -3.05. The number of aromatic nitrogens is 1. The van der Waals surface area contributed by atoms with E-state index in [2.05, 4.69) is 10.3 Å². The molecule has 0 saturated carbocycles. The molecule has 136 valence electrons. The maximum absolute atomic E-state index is 12.6. The Morgan fingerprint density at radius 2 is 1.85 bits per heavy atom. The van der Waals surface area contributed by atoms with E-state index in [0.717, 1.165) is 16.9 Å². The highest BCUT2D eigenvalue weighted by atomic mass is 35.5. The summed E-state index contributed by atoms with van der Waals surface area (Å²) in [7, 11) is 0. The van der Waals surface area contributed by atoms with Crippen LogP contribution in [0.3, 0.4) is 0 Å². The molecule has 0 saturated heterocycles. The van der Waals surface area contributed by atoms with Crippen molar-refractivity contribution in [3.8, 4) is 17.0 Å². The first kappa shape index (κ1) is 17.4. The van der Waals surface area contributed by atoms with Crippen molar-refractivity contribution in [1.29, 1.82) is 0 Å². The minimum absolute atomic E-state index is 0.0803. The number of aromatic amines is 1. The van der Waals surface area contributed by atoms with E-state index < -0.39 is 11.5 Å². The van der Waals surface area contributed by atoms with E-state index in [1.54, 1.807) is 24.3 Å². The van der Waals surface area contributed by atoms with Crippen molar-refractivity contribution in [1.82, 2.24) is 10.3 Å². The summed E-state index contributed by atoms with van der Waals surface area (Å²) in [6.45, 7) is 0.522. The molecule has 1 aliphatic heterocycles. The Morgan fingerprint density at radius 3 is 2.63 bits per heavy atom. The summed E-state index contributed by atoms with van der Waals surface area (Å²) in [4.78, 5) is 27.9. The number of amides is 1. The Morgan fingerprint density at radius 1 is 1.07 bits per heavy atom. The standard InChI is InChI=1S/C21H17ClN2O3/c22-14-7-5-13(6-8-14)17-10-9-16(20(25)23-17)21(26)24-18-11-12-27-19-4-2-1-3-15(18)19/h1-10,18H,11-12H2,(H,23,25)(H,24,26)/t18-/m0/s1. The molecule has 2 N–H and O–H groups in total. The molecule has 4 rings (SSSR count). The first-order valence-electron chi connectivity index (χ1n) is 8.64. The number of pyridine rings is 1. The summed E-state index contributed by atoms with van der Waals surface area (Å²) in [6, 6.07) is 17.8. The average molecular weight is 381 g/mol. The van der Waals surface area contributed by atoms with Crippen LogP contribution in [-0.2, 0) is 0 Å². The van der Waals surface area contributed by atoms with Crippen LogP contribution in [0.25, 0.3) is 11.3 Å². The number of carbonyl (C=O) groups is 1. The molecule has 1 aromatic heterocycles. The Kier molecular flexibility index (Phi) is 4.69. The van der Waals surface area contributed by atoms with Gasteiger partial charge in [0, 0.05) is 22.7 Å². The molecule has 0 bridgehead atoms. The van der Waals surface area contributed by atoms with Crippen LogP contribution in [0, 0.1) is 0 Å². The Bertz CT molecular complexity index is 1040. The van der Waals surface area contributed by atoms with E-state index in [1.165, 1.54) is 0 Å². The molecular formula is C21H17ClN2O3. The number of hydrogen-bond donors (Lipinski definition) is 2. The van der Waals surface area contributed by atoms with Crippen LogP contribution in [0.2, 0.25) is 5.02 Å². The van der Waals surface area contributed by atoms with Crippen LogP contribution in [0.4, 0.5) is 0 Å². The lowest BCUT2D eigenvalue weighted by molar-refractivity contribution is 0.0923. The smallest absolute Gasteiger partial charge is 0.261 e. The molecule has 2 aromatic carbocycles. The summed E-state index contributed by atoms with van der Waals surface area (Å²) < 4.78 is 5.61. The highest BCUT2D eigenvalue weighted by Gasteiger charge is 2.24. The largest absolute Gasteiger partial charge is 0.493 e. The molecule has 6 heteroatoms. The van der Waals surface area contributed by atoms with Gasteiger partial charge in [-0.05, 0) is 35.9 Å². The normalized spacial score (nSPS) is 15.5. The predicted molar refractivity (Wildman–Crippen MR) is 104 cm³/mol. The number of H-pyrrole nitrogens is 1.